The predicted octanol–water partition coefficient (Wildman–Crippen LogP) is 2.25. The fourth-order valence-corrected chi connectivity index (χ4v) is 2.75. The number of thiophene rings is 1. The molecule has 0 aliphatic heterocycles. The molecule has 1 atom stereocenters. The third-order valence-corrected chi connectivity index (χ3v) is 3.66. The van der Waals surface area contributed by atoms with Crippen molar-refractivity contribution >= 4 is 11.3 Å². The summed E-state index contributed by atoms with van der Waals surface area (Å²) in [7, 11) is 3.27. The maximum atomic E-state index is 5.29. The Labute approximate surface area is 116 Å². The fourth-order valence-electron chi connectivity index (χ4n) is 1.82. The maximum Gasteiger partial charge on any atom is 0.237 e. The highest BCUT2D eigenvalue weighted by molar-refractivity contribution is 7.10. The molecule has 0 saturated carbocycles. The minimum atomic E-state index is -0.0393. The largest absolute Gasteiger partial charge is 0.496 e. The maximum absolute atomic E-state index is 5.29. The van der Waals surface area contributed by atoms with E-state index in [1.165, 1.54) is 0 Å². The molecule has 102 valence electrons. The van der Waals surface area contributed by atoms with E-state index >= 15 is 0 Å². The Kier molecular flexibility index (Phi) is 4.70. The SMILES string of the molecule is CCNC(c1cc(OC)cs1)c1nccnc1OC. The highest BCUT2D eigenvalue weighted by Crippen LogP contribution is 2.32. The van der Waals surface area contributed by atoms with E-state index in [1.54, 1.807) is 38.0 Å². The molecule has 5 nitrogen and oxygen atoms in total. The van der Waals surface area contributed by atoms with Gasteiger partial charge in [0.15, 0.2) is 0 Å². The molecule has 19 heavy (non-hydrogen) atoms. The summed E-state index contributed by atoms with van der Waals surface area (Å²) >= 11 is 1.63. The molecule has 6 heteroatoms. The van der Waals surface area contributed by atoms with Gasteiger partial charge in [-0.3, -0.25) is 4.98 Å². The first-order chi connectivity index (χ1) is 9.30. The van der Waals surface area contributed by atoms with Crippen LogP contribution in [0.1, 0.15) is 23.5 Å². The van der Waals surface area contributed by atoms with E-state index in [9.17, 15) is 0 Å². The standard InChI is InChI=1S/C13H17N3O2S/c1-4-14-11(10-7-9(17-2)8-19-10)12-13(18-3)16-6-5-15-12/h5-8,11,14H,4H2,1-3H3. The van der Waals surface area contributed by atoms with Crippen LogP contribution < -0.4 is 14.8 Å². The molecule has 0 spiro atoms. The number of hydrogen-bond acceptors (Lipinski definition) is 6. The highest BCUT2D eigenvalue weighted by atomic mass is 32.1. The lowest BCUT2D eigenvalue weighted by Crippen LogP contribution is -2.23. The Morgan fingerprint density at radius 3 is 2.68 bits per heavy atom. The summed E-state index contributed by atoms with van der Waals surface area (Å²) < 4.78 is 10.5. The molecular weight excluding hydrogens is 262 g/mol. The van der Waals surface area contributed by atoms with Crippen molar-refractivity contribution in [2.24, 2.45) is 0 Å². The topological polar surface area (TPSA) is 56.3 Å². The highest BCUT2D eigenvalue weighted by Gasteiger charge is 2.21. The van der Waals surface area contributed by atoms with Crippen molar-refractivity contribution in [2.45, 2.75) is 13.0 Å². The zero-order valence-corrected chi connectivity index (χ0v) is 12.0. The minimum absolute atomic E-state index is 0.0393. The van der Waals surface area contributed by atoms with Crippen LogP contribution >= 0.6 is 11.3 Å². The van der Waals surface area contributed by atoms with Crippen molar-refractivity contribution in [1.29, 1.82) is 0 Å². The summed E-state index contributed by atoms with van der Waals surface area (Å²) in [4.78, 5) is 9.72. The van der Waals surface area contributed by atoms with E-state index in [1.807, 2.05) is 11.4 Å². The van der Waals surface area contributed by atoms with Gasteiger partial charge in [-0.1, -0.05) is 6.92 Å². The van der Waals surface area contributed by atoms with Crippen LogP contribution in [-0.4, -0.2) is 30.7 Å². The first kappa shape index (κ1) is 13.8. The van der Waals surface area contributed by atoms with Crippen LogP contribution in [0.15, 0.2) is 23.8 Å². The van der Waals surface area contributed by atoms with Crippen LogP contribution in [0.25, 0.3) is 0 Å². The Morgan fingerprint density at radius 1 is 1.26 bits per heavy atom. The van der Waals surface area contributed by atoms with E-state index in [4.69, 9.17) is 9.47 Å². The Balaban J connectivity index is 2.38. The second-order valence-corrected chi connectivity index (χ2v) is 4.77. The summed E-state index contributed by atoms with van der Waals surface area (Å²) in [5.41, 5.74) is 0.788. The van der Waals surface area contributed by atoms with Gasteiger partial charge in [-0.25, -0.2) is 4.98 Å². The second-order valence-electron chi connectivity index (χ2n) is 3.83. The summed E-state index contributed by atoms with van der Waals surface area (Å²) in [6.07, 6.45) is 3.30. The molecule has 0 aliphatic rings. The number of nitrogens with zero attached hydrogens (tertiary/aromatic N) is 2. The van der Waals surface area contributed by atoms with E-state index in [2.05, 4.69) is 22.2 Å². The van der Waals surface area contributed by atoms with Gasteiger partial charge in [-0.2, -0.15) is 0 Å². The lowest BCUT2D eigenvalue weighted by molar-refractivity contribution is 0.383. The Morgan fingerprint density at radius 2 is 2.05 bits per heavy atom. The average Bonchev–Trinajstić information content (AvgIpc) is 2.93. The monoisotopic (exact) mass is 279 g/mol. The molecule has 2 aromatic rings. The van der Waals surface area contributed by atoms with E-state index in [0.717, 1.165) is 22.9 Å². The molecule has 2 aromatic heterocycles. The molecule has 0 aromatic carbocycles. The first-order valence-electron chi connectivity index (χ1n) is 6.00. The van der Waals surface area contributed by atoms with Crippen LogP contribution in [0.3, 0.4) is 0 Å². The van der Waals surface area contributed by atoms with Crippen molar-refractivity contribution in [3.05, 3.63) is 34.4 Å². The average molecular weight is 279 g/mol. The summed E-state index contributed by atoms with van der Waals surface area (Å²) in [5.74, 6) is 1.39. The number of ether oxygens (including phenoxy) is 2. The van der Waals surface area contributed by atoms with Crippen LogP contribution in [-0.2, 0) is 0 Å². The smallest absolute Gasteiger partial charge is 0.237 e. The first-order valence-corrected chi connectivity index (χ1v) is 6.88. The van der Waals surface area contributed by atoms with Gasteiger partial charge in [0.05, 0.1) is 20.3 Å². The molecule has 1 N–H and O–H groups in total. The summed E-state index contributed by atoms with van der Waals surface area (Å²) in [6, 6.07) is 1.97. The van der Waals surface area contributed by atoms with Crippen LogP contribution in [0, 0.1) is 0 Å². The molecule has 2 heterocycles. The quantitative estimate of drug-likeness (QED) is 0.879. The van der Waals surface area contributed by atoms with Gasteiger partial charge in [0.1, 0.15) is 11.4 Å². The van der Waals surface area contributed by atoms with Gasteiger partial charge in [0.25, 0.3) is 0 Å². The Bertz CT molecular complexity index is 530. The van der Waals surface area contributed by atoms with Gasteiger partial charge in [0, 0.05) is 22.7 Å². The zero-order valence-electron chi connectivity index (χ0n) is 11.2. The van der Waals surface area contributed by atoms with Crippen LogP contribution in [0.2, 0.25) is 0 Å². The van der Waals surface area contributed by atoms with E-state index in [-0.39, 0.29) is 6.04 Å². The van der Waals surface area contributed by atoms with Gasteiger partial charge in [-0.15, -0.1) is 11.3 Å². The van der Waals surface area contributed by atoms with E-state index in [0.29, 0.717) is 5.88 Å². The van der Waals surface area contributed by atoms with E-state index < -0.39 is 0 Å². The molecule has 0 bridgehead atoms. The number of aromatic nitrogens is 2. The fraction of sp³-hybridized carbons (Fsp3) is 0.385. The second kappa shape index (κ2) is 6.49. The number of nitrogens with one attached hydrogen (secondary N) is 1. The zero-order chi connectivity index (χ0) is 13.7. The number of methoxy groups -OCH3 is 2. The van der Waals surface area contributed by atoms with Gasteiger partial charge < -0.3 is 14.8 Å². The van der Waals surface area contributed by atoms with Crippen molar-refractivity contribution in [2.75, 3.05) is 20.8 Å². The molecule has 0 saturated heterocycles. The normalized spacial score (nSPS) is 12.2. The summed E-state index contributed by atoms with van der Waals surface area (Å²) in [5, 5.41) is 5.37. The molecular formula is C13H17N3O2S. The van der Waals surface area contributed by atoms with Gasteiger partial charge in [0.2, 0.25) is 5.88 Å². The van der Waals surface area contributed by atoms with Crippen molar-refractivity contribution in [1.82, 2.24) is 15.3 Å². The Hall–Kier alpha value is -1.66. The molecule has 0 amide bonds. The van der Waals surface area contributed by atoms with Crippen LogP contribution in [0.5, 0.6) is 11.6 Å². The lowest BCUT2D eigenvalue weighted by atomic mass is 10.1. The number of rotatable bonds is 6. The third-order valence-electron chi connectivity index (χ3n) is 2.68. The van der Waals surface area contributed by atoms with Crippen LogP contribution in [0.4, 0.5) is 0 Å². The third kappa shape index (κ3) is 3.02. The summed E-state index contributed by atoms with van der Waals surface area (Å²) in [6.45, 7) is 2.88. The van der Waals surface area contributed by atoms with Crippen molar-refractivity contribution < 1.29 is 9.47 Å². The molecule has 1 unspecified atom stereocenters. The molecule has 0 radical (unpaired) electrons. The minimum Gasteiger partial charge on any atom is -0.496 e. The van der Waals surface area contributed by atoms with Crippen molar-refractivity contribution in [3.8, 4) is 11.6 Å². The van der Waals surface area contributed by atoms with Gasteiger partial charge >= 0.3 is 0 Å². The molecule has 0 aliphatic carbocycles. The van der Waals surface area contributed by atoms with Crippen molar-refractivity contribution in [3.63, 3.8) is 0 Å². The molecule has 0 fully saturated rings. The lowest BCUT2D eigenvalue weighted by Gasteiger charge is -2.17. The molecule has 2 rings (SSSR count). The number of hydrogen-bond donors (Lipinski definition) is 1. The van der Waals surface area contributed by atoms with Gasteiger partial charge in [-0.05, 0) is 12.6 Å². The predicted molar refractivity (Wildman–Crippen MR) is 75.0 cm³/mol.